The van der Waals surface area contributed by atoms with Gasteiger partial charge in [0.2, 0.25) is 0 Å². The van der Waals surface area contributed by atoms with Crippen molar-refractivity contribution in [3.05, 3.63) is 52.8 Å². The number of hydrogen-bond donors (Lipinski definition) is 1. The number of rotatable bonds is 3. The first-order valence-corrected chi connectivity index (χ1v) is 8.97. The molecule has 5 nitrogen and oxygen atoms in total. The first kappa shape index (κ1) is 18.2. The van der Waals surface area contributed by atoms with E-state index in [0.29, 0.717) is 0 Å². The zero-order valence-corrected chi connectivity index (χ0v) is 14.1. The van der Waals surface area contributed by atoms with E-state index < -0.39 is 50.3 Å². The minimum absolute atomic E-state index is 0.0732. The van der Waals surface area contributed by atoms with Gasteiger partial charge in [0.05, 0.1) is 33.4 Å². The standard InChI is InChI=1S/C17H12F3NO4S/c1-8-16(22)15-13(26(8,23)24)3-2-12(14(15)17(19)20)25-11-5-9(7-21)4-10(18)6-11/h2-6,8,16-17,22H,1H3/t8-,16?/m0/s1. The molecule has 26 heavy (non-hydrogen) atoms. The topological polar surface area (TPSA) is 87.4 Å². The fourth-order valence-corrected chi connectivity index (χ4v) is 4.55. The summed E-state index contributed by atoms with van der Waals surface area (Å²) in [5, 5.41) is 17.7. The lowest BCUT2D eigenvalue weighted by Gasteiger charge is -2.16. The fraction of sp³-hybridized carbons (Fsp3) is 0.235. The molecule has 2 atom stereocenters. The summed E-state index contributed by atoms with van der Waals surface area (Å²) in [4.78, 5) is -0.378. The maximum absolute atomic E-state index is 13.7. The van der Waals surface area contributed by atoms with Crippen LogP contribution >= 0.6 is 0 Å². The van der Waals surface area contributed by atoms with Crippen LogP contribution in [0.15, 0.2) is 35.2 Å². The summed E-state index contributed by atoms with van der Waals surface area (Å²) in [5.41, 5.74) is -1.26. The Morgan fingerprint density at radius 2 is 1.96 bits per heavy atom. The van der Waals surface area contributed by atoms with Gasteiger partial charge in [-0.2, -0.15) is 5.26 Å². The highest BCUT2D eigenvalue weighted by Gasteiger charge is 2.45. The van der Waals surface area contributed by atoms with E-state index in [0.717, 1.165) is 30.3 Å². The highest BCUT2D eigenvalue weighted by Crippen LogP contribution is 2.47. The number of sulfone groups is 1. The Hall–Kier alpha value is -2.57. The van der Waals surface area contributed by atoms with Crippen LogP contribution in [0, 0.1) is 17.1 Å². The number of halogens is 3. The van der Waals surface area contributed by atoms with Gasteiger partial charge in [0.15, 0.2) is 9.84 Å². The van der Waals surface area contributed by atoms with Crippen molar-refractivity contribution in [3.8, 4) is 17.6 Å². The van der Waals surface area contributed by atoms with Gasteiger partial charge in [-0.3, -0.25) is 0 Å². The molecule has 1 unspecified atom stereocenters. The van der Waals surface area contributed by atoms with Crippen LogP contribution in [0.3, 0.4) is 0 Å². The summed E-state index contributed by atoms with van der Waals surface area (Å²) in [6.45, 7) is 1.22. The highest BCUT2D eigenvalue weighted by atomic mass is 32.2. The van der Waals surface area contributed by atoms with E-state index >= 15 is 0 Å². The number of fused-ring (bicyclic) bond motifs is 1. The van der Waals surface area contributed by atoms with E-state index in [1.54, 1.807) is 6.07 Å². The molecule has 3 rings (SSSR count). The Morgan fingerprint density at radius 3 is 2.58 bits per heavy atom. The molecule has 0 aromatic heterocycles. The van der Waals surface area contributed by atoms with Crippen LogP contribution in [-0.4, -0.2) is 18.8 Å². The van der Waals surface area contributed by atoms with E-state index in [2.05, 4.69) is 0 Å². The Morgan fingerprint density at radius 1 is 1.27 bits per heavy atom. The van der Waals surface area contributed by atoms with Gasteiger partial charge in [0, 0.05) is 11.6 Å². The van der Waals surface area contributed by atoms with Gasteiger partial charge >= 0.3 is 0 Å². The summed E-state index contributed by atoms with van der Waals surface area (Å²) in [6.07, 6.45) is -4.77. The van der Waals surface area contributed by atoms with Gasteiger partial charge < -0.3 is 9.84 Å². The summed E-state index contributed by atoms with van der Waals surface area (Å²) in [7, 11) is -3.94. The zero-order valence-electron chi connectivity index (χ0n) is 13.3. The normalized spacial score (nSPS) is 20.7. The molecule has 0 saturated heterocycles. The molecular weight excluding hydrogens is 371 g/mol. The first-order chi connectivity index (χ1) is 12.2. The smallest absolute Gasteiger partial charge is 0.267 e. The third-order valence-corrected chi connectivity index (χ3v) is 6.40. The van der Waals surface area contributed by atoms with Gasteiger partial charge in [-0.15, -0.1) is 0 Å². The Bertz CT molecular complexity index is 1030. The molecule has 0 fully saturated rings. The first-order valence-electron chi connectivity index (χ1n) is 7.42. The Balaban J connectivity index is 2.17. The van der Waals surface area contributed by atoms with Crippen LogP contribution in [0.25, 0.3) is 0 Å². The van der Waals surface area contributed by atoms with Crippen LogP contribution < -0.4 is 4.74 Å². The summed E-state index contributed by atoms with van der Waals surface area (Å²) < 4.78 is 70.6. The maximum Gasteiger partial charge on any atom is 0.267 e. The van der Waals surface area contributed by atoms with Crippen molar-refractivity contribution in [2.24, 2.45) is 0 Å². The quantitative estimate of drug-likeness (QED) is 0.874. The number of aliphatic hydroxyl groups is 1. The van der Waals surface area contributed by atoms with E-state index in [-0.39, 0.29) is 16.2 Å². The lowest BCUT2D eigenvalue weighted by molar-refractivity contribution is 0.133. The van der Waals surface area contributed by atoms with Gasteiger partial charge in [-0.1, -0.05) is 0 Å². The highest BCUT2D eigenvalue weighted by molar-refractivity contribution is 7.92. The Labute approximate surface area is 147 Å². The zero-order chi connectivity index (χ0) is 19.2. The van der Waals surface area contributed by atoms with Crippen LogP contribution in [0.1, 0.15) is 36.1 Å². The monoisotopic (exact) mass is 383 g/mol. The third-order valence-electron chi connectivity index (χ3n) is 4.19. The second-order valence-corrected chi connectivity index (χ2v) is 8.05. The molecule has 1 heterocycles. The number of ether oxygens (including phenoxy) is 1. The molecule has 0 radical (unpaired) electrons. The molecule has 1 aliphatic rings. The molecule has 0 aliphatic carbocycles. The molecule has 0 spiro atoms. The van der Waals surface area contributed by atoms with E-state index in [9.17, 15) is 26.7 Å². The summed E-state index contributed by atoms with van der Waals surface area (Å²) in [6, 6.07) is 6.81. The van der Waals surface area contributed by atoms with Gasteiger partial charge in [-0.25, -0.2) is 21.6 Å². The second-order valence-electron chi connectivity index (χ2n) is 5.77. The van der Waals surface area contributed by atoms with Crippen LogP contribution in [-0.2, 0) is 9.84 Å². The minimum Gasteiger partial charge on any atom is -0.457 e. The van der Waals surface area contributed by atoms with Crippen molar-refractivity contribution in [2.45, 2.75) is 29.6 Å². The van der Waals surface area contributed by atoms with Crippen molar-refractivity contribution in [1.29, 1.82) is 5.26 Å². The van der Waals surface area contributed by atoms with Gasteiger partial charge in [-0.05, 0) is 31.2 Å². The summed E-state index contributed by atoms with van der Waals surface area (Å²) >= 11 is 0. The number of alkyl halides is 2. The van der Waals surface area contributed by atoms with Crippen LogP contribution in [0.5, 0.6) is 11.5 Å². The number of nitrogens with zero attached hydrogens (tertiary/aromatic N) is 1. The van der Waals surface area contributed by atoms with Crippen molar-refractivity contribution in [2.75, 3.05) is 0 Å². The second kappa shape index (κ2) is 6.30. The number of hydrogen-bond acceptors (Lipinski definition) is 5. The molecule has 0 saturated carbocycles. The van der Waals surface area contributed by atoms with Gasteiger partial charge in [0.25, 0.3) is 6.43 Å². The lowest BCUT2D eigenvalue weighted by Crippen LogP contribution is -2.16. The van der Waals surface area contributed by atoms with E-state index in [1.807, 2.05) is 0 Å². The Kier molecular flexibility index (Phi) is 4.42. The number of nitriles is 1. The van der Waals surface area contributed by atoms with Crippen LogP contribution in [0.4, 0.5) is 13.2 Å². The average molecular weight is 383 g/mol. The molecule has 136 valence electrons. The van der Waals surface area contributed by atoms with Crippen LogP contribution in [0.2, 0.25) is 0 Å². The van der Waals surface area contributed by atoms with Gasteiger partial charge in [0.1, 0.15) is 17.3 Å². The van der Waals surface area contributed by atoms with Crippen molar-refractivity contribution in [1.82, 2.24) is 0 Å². The third kappa shape index (κ3) is 2.81. The minimum atomic E-state index is -3.94. The largest absolute Gasteiger partial charge is 0.457 e. The molecule has 1 N–H and O–H groups in total. The number of aliphatic hydroxyl groups excluding tert-OH is 1. The van der Waals surface area contributed by atoms with E-state index in [1.165, 1.54) is 6.92 Å². The molecule has 1 aliphatic heterocycles. The molecule has 0 amide bonds. The molecule has 2 aromatic rings. The fourth-order valence-electron chi connectivity index (χ4n) is 2.88. The average Bonchev–Trinajstić information content (AvgIpc) is 2.74. The maximum atomic E-state index is 13.7. The number of benzene rings is 2. The molecule has 9 heteroatoms. The lowest BCUT2D eigenvalue weighted by atomic mass is 10.00. The molecular formula is C17H12F3NO4S. The van der Waals surface area contributed by atoms with Crippen molar-refractivity contribution in [3.63, 3.8) is 0 Å². The summed E-state index contributed by atoms with van der Waals surface area (Å²) in [5.74, 6) is -1.42. The molecule has 0 bridgehead atoms. The predicted octanol–water partition coefficient (Wildman–Crippen LogP) is 3.64. The van der Waals surface area contributed by atoms with Crippen molar-refractivity contribution < 1.29 is 31.4 Å². The van der Waals surface area contributed by atoms with Crippen molar-refractivity contribution >= 4 is 9.84 Å². The molecule has 2 aromatic carbocycles. The SMILES string of the molecule is C[C@H]1C(O)c2c(ccc(Oc3cc(F)cc(C#N)c3)c2C(F)F)S1(=O)=O. The van der Waals surface area contributed by atoms with E-state index in [4.69, 9.17) is 10.00 Å². The predicted molar refractivity (Wildman–Crippen MR) is 84.2 cm³/mol.